The second-order valence-corrected chi connectivity index (χ2v) is 14.1. The molecule has 6 aliphatic rings. The number of H-pyrrole nitrogens is 3. The van der Waals surface area contributed by atoms with E-state index in [2.05, 4.69) is 15.3 Å². The van der Waals surface area contributed by atoms with Gasteiger partial charge in [-0.15, -0.1) is 0 Å². The molecule has 0 bridgehead atoms. The van der Waals surface area contributed by atoms with Gasteiger partial charge in [-0.25, -0.2) is 0 Å². The number of hydrogen-bond donors (Lipinski definition) is 3. The molecule has 0 amide bonds. The van der Waals surface area contributed by atoms with Gasteiger partial charge < -0.3 is 0 Å². The maximum absolute atomic E-state index is 5.07. The van der Waals surface area contributed by atoms with E-state index in [9.17, 15) is 0 Å². The van der Waals surface area contributed by atoms with Crippen LogP contribution in [0.1, 0.15) is 147 Å². The van der Waals surface area contributed by atoms with Gasteiger partial charge in [0.15, 0.2) is 0 Å². The minimum atomic E-state index is -0.696. The normalized spacial score (nSPS) is 25.0. The van der Waals surface area contributed by atoms with Crippen molar-refractivity contribution in [1.82, 2.24) is 30.6 Å². The molecule has 3 heterocycles. The van der Waals surface area contributed by atoms with E-state index < -0.39 is 7.92 Å². The summed E-state index contributed by atoms with van der Waals surface area (Å²) in [4.78, 5) is 0. The lowest BCUT2D eigenvalue weighted by Gasteiger charge is -2.24. The SMILES string of the molecule is C1CC1c1n[nH]c(C2CC2)c1P(c1c(C2CC2)n[nH]c1C1CC1)c1c(C2CC2)n[nH]c1C1CC1. The van der Waals surface area contributed by atoms with Crippen LogP contribution >= 0.6 is 7.92 Å². The standard InChI is InChI=1S/C27H33N6P/c1-2-13(1)19-25(20(29-28-19)14-3-4-14)34(26-21(15-5-6-15)30-31-22(26)16-7-8-16)27-23(17-9-10-17)32-33-24(27)18-11-12-18/h13-18H,1-12H2,(H,28,29)(H,30,31)(H,32,33). The summed E-state index contributed by atoms with van der Waals surface area (Å²) in [7, 11) is -0.696. The van der Waals surface area contributed by atoms with Crippen LogP contribution in [0.2, 0.25) is 0 Å². The van der Waals surface area contributed by atoms with Crippen molar-refractivity contribution >= 4 is 23.8 Å². The van der Waals surface area contributed by atoms with Crippen LogP contribution in [0.5, 0.6) is 0 Å². The highest BCUT2D eigenvalue weighted by Gasteiger charge is 2.47. The molecule has 34 heavy (non-hydrogen) atoms. The maximum Gasteiger partial charge on any atom is 0.0739 e. The van der Waals surface area contributed by atoms with Crippen LogP contribution in [0.25, 0.3) is 0 Å². The lowest BCUT2D eigenvalue weighted by Crippen LogP contribution is -2.30. The van der Waals surface area contributed by atoms with Crippen LogP contribution in [0.15, 0.2) is 0 Å². The molecule has 9 rings (SSSR count). The molecule has 7 heteroatoms. The van der Waals surface area contributed by atoms with Gasteiger partial charge in [0.2, 0.25) is 0 Å². The second-order valence-electron chi connectivity index (χ2n) is 12.1. The first-order valence-electron chi connectivity index (χ1n) is 13.9. The fourth-order valence-electron chi connectivity index (χ4n) is 6.03. The first kappa shape index (κ1) is 19.3. The van der Waals surface area contributed by atoms with Gasteiger partial charge in [0.1, 0.15) is 0 Å². The van der Waals surface area contributed by atoms with Crippen molar-refractivity contribution in [3.63, 3.8) is 0 Å². The number of aromatic amines is 3. The Kier molecular flexibility index (Phi) is 3.88. The summed E-state index contributed by atoms with van der Waals surface area (Å²) in [5.41, 5.74) is 8.64. The Morgan fingerprint density at radius 2 is 0.676 bits per heavy atom. The van der Waals surface area contributed by atoms with Crippen molar-refractivity contribution in [2.75, 3.05) is 0 Å². The number of nitrogens with one attached hydrogen (secondary N) is 3. The molecule has 6 aliphatic carbocycles. The molecule has 6 nitrogen and oxygen atoms in total. The predicted octanol–water partition coefficient (Wildman–Crippen LogP) is 4.88. The Bertz CT molecular complexity index is 1030. The van der Waals surface area contributed by atoms with Gasteiger partial charge in [-0.2, -0.15) is 15.3 Å². The average Bonchev–Trinajstić information content (AvgIpc) is 3.64. The van der Waals surface area contributed by atoms with E-state index in [0.29, 0.717) is 35.5 Å². The summed E-state index contributed by atoms with van der Waals surface area (Å²) in [6.07, 6.45) is 15.7. The van der Waals surface area contributed by atoms with Crippen LogP contribution in [0.3, 0.4) is 0 Å². The van der Waals surface area contributed by atoms with Gasteiger partial charge >= 0.3 is 0 Å². The summed E-state index contributed by atoms with van der Waals surface area (Å²) < 4.78 is 0. The molecule has 0 saturated heterocycles. The highest BCUT2D eigenvalue weighted by atomic mass is 31.1. The highest BCUT2D eigenvalue weighted by Crippen LogP contribution is 2.56. The van der Waals surface area contributed by atoms with E-state index in [4.69, 9.17) is 15.3 Å². The fraction of sp³-hybridized carbons (Fsp3) is 0.667. The summed E-state index contributed by atoms with van der Waals surface area (Å²) >= 11 is 0. The minimum absolute atomic E-state index is 0.657. The third-order valence-electron chi connectivity index (χ3n) is 8.90. The quantitative estimate of drug-likeness (QED) is 0.388. The summed E-state index contributed by atoms with van der Waals surface area (Å²) in [6.45, 7) is 0. The third-order valence-corrected chi connectivity index (χ3v) is 11.7. The molecule has 0 radical (unpaired) electrons. The predicted molar refractivity (Wildman–Crippen MR) is 133 cm³/mol. The van der Waals surface area contributed by atoms with Gasteiger partial charge in [-0.1, -0.05) is 0 Å². The van der Waals surface area contributed by atoms with Gasteiger partial charge in [0, 0.05) is 68.5 Å². The zero-order chi connectivity index (χ0) is 22.0. The molecule has 176 valence electrons. The molecule has 3 N–H and O–H groups in total. The van der Waals surface area contributed by atoms with Crippen molar-refractivity contribution in [3.05, 3.63) is 34.2 Å². The van der Waals surface area contributed by atoms with Crippen molar-refractivity contribution in [1.29, 1.82) is 0 Å². The van der Waals surface area contributed by atoms with E-state index in [1.807, 2.05) is 0 Å². The monoisotopic (exact) mass is 472 g/mol. The summed E-state index contributed by atoms with van der Waals surface area (Å²) in [6, 6.07) is 0. The van der Waals surface area contributed by atoms with Gasteiger partial charge in [-0.3, -0.25) is 15.3 Å². The van der Waals surface area contributed by atoms with E-state index in [1.165, 1.54) is 111 Å². The van der Waals surface area contributed by atoms with E-state index >= 15 is 0 Å². The molecule has 0 spiro atoms. The molecule has 6 saturated carbocycles. The van der Waals surface area contributed by atoms with Crippen molar-refractivity contribution in [2.24, 2.45) is 0 Å². The number of aromatic nitrogens is 6. The van der Waals surface area contributed by atoms with Crippen molar-refractivity contribution in [2.45, 2.75) is 113 Å². The molecule has 3 aromatic heterocycles. The van der Waals surface area contributed by atoms with Gasteiger partial charge in [0.05, 0.1) is 17.1 Å². The van der Waals surface area contributed by atoms with Crippen LogP contribution < -0.4 is 15.9 Å². The zero-order valence-electron chi connectivity index (χ0n) is 19.7. The Morgan fingerprint density at radius 3 is 0.912 bits per heavy atom. The van der Waals surface area contributed by atoms with Crippen LogP contribution in [-0.2, 0) is 0 Å². The Balaban J connectivity index is 1.34. The molecule has 0 unspecified atom stereocenters. The lowest BCUT2D eigenvalue weighted by molar-refractivity contribution is 0.926. The molecule has 6 fully saturated rings. The second kappa shape index (κ2) is 6.84. The Morgan fingerprint density at radius 1 is 0.412 bits per heavy atom. The van der Waals surface area contributed by atoms with E-state index in [-0.39, 0.29) is 0 Å². The first-order chi connectivity index (χ1) is 16.8. The van der Waals surface area contributed by atoms with Crippen LogP contribution in [0.4, 0.5) is 0 Å². The first-order valence-corrected chi connectivity index (χ1v) is 15.2. The Hall–Kier alpha value is -1.94. The molecule has 0 aromatic carbocycles. The minimum Gasteiger partial charge on any atom is -0.281 e. The van der Waals surface area contributed by atoms with Gasteiger partial charge in [0.25, 0.3) is 0 Å². The molecule has 0 aliphatic heterocycles. The Labute approximate surface area is 201 Å². The molecule has 0 atom stereocenters. The van der Waals surface area contributed by atoms with Crippen LogP contribution in [0, 0.1) is 0 Å². The van der Waals surface area contributed by atoms with Crippen LogP contribution in [-0.4, -0.2) is 30.6 Å². The zero-order valence-corrected chi connectivity index (χ0v) is 20.6. The average molecular weight is 473 g/mol. The topological polar surface area (TPSA) is 86.0 Å². The molecule has 3 aromatic rings. The van der Waals surface area contributed by atoms with E-state index in [1.54, 1.807) is 15.9 Å². The van der Waals surface area contributed by atoms with E-state index in [0.717, 1.165) is 0 Å². The van der Waals surface area contributed by atoms with Gasteiger partial charge in [-0.05, 0) is 85.0 Å². The largest absolute Gasteiger partial charge is 0.281 e. The lowest BCUT2D eigenvalue weighted by atomic mass is 10.2. The van der Waals surface area contributed by atoms with Crippen molar-refractivity contribution in [3.8, 4) is 0 Å². The summed E-state index contributed by atoms with van der Waals surface area (Å²) in [5.74, 6) is 4.02. The number of hydrogen-bond acceptors (Lipinski definition) is 3. The number of nitrogens with zero attached hydrogens (tertiary/aromatic N) is 3. The highest BCUT2D eigenvalue weighted by molar-refractivity contribution is 7.80. The number of rotatable bonds is 9. The molecular formula is C27H33N6P. The third kappa shape index (κ3) is 3.06. The van der Waals surface area contributed by atoms with Crippen molar-refractivity contribution < 1.29 is 0 Å². The smallest absolute Gasteiger partial charge is 0.0739 e. The maximum atomic E-state index is 5.07. The summed E-state index contributed by atoms with van der Waals surface area (Å²) in [5, 5.41) is 30.9. The fourth-order valence-corrected chi connectivity index (χ4v) is 9.50. The molecular weight excluding hydrogens is 439 g/mol.